The van der Waals surface area contributed by atoms with Gasteiger partial charge in [0.05, 0.1) is 48.8 Å². The van der Waals surface area contributed by atoms with Gasteiger partial charge in [0.15, 0.2) is 11.9 Å². The first kappa shape index (κ1) is 39.0. The zero-order valence-electron chi connectivity index (χ0n) is 32.6. The summed E-state index contributed by atoms with van der Waals surface area (Å²) < 4.78 is 55.3. The summed E-state index contributed by atoms with van der Waals surface area (Å²) in [6.45, 7) is 10.8. The first-order chi connectivity index (χ1) is 28.0. The Morgan fingerprint density at radius 1 is 1.19 bits per heavy atom. The van der Waals surface area contributed by atoms with Gasteiger partial charge < -0.3 is 44.1 Å². The first-order valence-corrected chi connectivity index (χ1v) is 19.7. The van der Waals surface area contributed by atoms with Crippen molar-refractivity contribution in [3.05, 3.63) is 72.2 Å². The third kappa shape index (κ3) is 7.72. The standard InChI is InChI=1S/C43H47F2N7O6/c1-5-32-34(45)12-10-27-17-31(53)18-33(38(27)32)35-24-56-39-40(50-14-8-7-9-29(22-50)47-37(54)6-2)48-42(49-41(39)58-35)57-25-43(4)19-28(44)21-52(43)30-11-13-36(46-20-30)51-15-16-55-23-26(51)3/h1,6,10-13,17-18,20,26,28-29,35,53H,2,7-9,14-16,19,21-25H2,3-4H3,(H,47,54)/t26-,28-,29?,35?,43+/m1/s1. The average molecular weight is 796 g/mol. The maximum atomic E-state index is 15.3. The molecule has 2 N–H and O–H groups in total. The van der Waals surface area contributed by atoms with Crippen LogP contribution < -0.4 is 34.2 Å². The molecule has 58 heavy (non-hydrogen) atoms. The van der Waals surface area contributed by atoms with E-state index in [-0.39, 0.29) is 73.1 Å². The molecule has 3 saturated heterocycles. The van der Waals surface area contributed by atoms with Crippen LogP contribution in [0, 0.1) is 18.2 Å². The lowest BCUT2D eigenvalue weighted by Gasteiger charge is -2.37. The minimum absolute atomic E-state index is 0.0247. The van der Waals surface area contributed by atoms with E-state index in [9.17, 15) is 9.90 Å². The van der Waals surface area contributed by atoms with E-state index in [1.807, 2.05) is 28.9 Å². The van der Waals surface area contributed by atoms with Crippen LogP contribution >= 0.6 is 0 Å². The molecule has 13 nitrogen and oxygen atoms in total. The van der Waals surface area contributed by atoms with Crippen molar-refractivity contribution in [3.8, 4) is 35.7 Å². The van der Waals surface area contributed by atoms with Crippen LogP contribution in [-0.4, -0.2) is 102 Å². The fourth-order valence-electron chi connectivity index (χ4n) is 8.55. The number of benzene rings is 2. The average Bonchev–Trinajstić information content (AvgIpc) is 3.35. The number of aromatic nitrogens is 3. The largest absolute Gasteiger partial charge is 0.508 e. The number of alkyl halides is 1. The minimum Gasteiger partial charge on any atom is -0.508 e. The number of morpholine rings is 1. The van der Waals surface area contributed by atoms with Gasteiger partial charge in [-0.2, -0.15) is 9.97 Å². The van der Waals surface area contributed by atoms with Gasteiger partial charge in [0.25, 0.3) is 5.88 Å². The third-order valence-electron chi connectivity index (χ3n) is 11.4. The molecule has 2 aromatic carbocycles. The molecule has 4 aliphatic heterocycles. The Hall–Kier alpha value is -5.88. The second kappa shape index (κ2) is 16.2. The van der Waals surface area contributed by atoms with Crippen molar-refractivity contribution in [2.75, 3.05) is 67.3 Å². The molecular weight excluding hydrogens is 749 g/mol. The number of carbonyl (C=O) groups excluding carboxylic acids is 1. The fourth-order valence-corrected chi connectivity index (χ4v) is 8.55. The van der Waals surface area contributed by atoms with E-state index in [2.05, 4.69) is 34.6 Å². The Kier molecular flexibility index (Phi) is 10.9. The van der Waals surface area contributed by atoms with E-state index >= 15 is 8.78 Å². The van der Waals surface area contributed by atoms with Crippen LogP contribution in [0.5, 0.6) is 23.4 Å². The highest BCUT2D eigenvalue weighted by Gasteiger charge is 2.44. The van der Waals surface area contributed by atoms with Crippen LogP contribution in [0.4, 0.5) is 26.1 Å². The minimum atomic E-state index is -1.11. The number of hydrogen-bond donors (Lipinski definition) is 2. The molecule has 15 heteroatoms. The molecule has 5 atom stereocenters. The summed E-state index contributed by atoms with van der Waals surface area (Å²) in [4.78, 5) is 32.8. The Bertz CT molecular complexity index is 2240. The zero-order chi connectivity index (χ0) is 40.6. The van der Waals surface area contributed by atoms with Gasteiger partial charge in [0, 0.05) is 43.0 Å². The molecule has 304 valence electrons. The Morgan fingerprint density at radius 3 is 2.83 bits per heavy atom. The number of halogens is 2. The quantitative estimate of drug-likeness (QED) is 0.161. The maximum Gasteiger partial charge on any atom is 0.322 e. The van der Waals surface area contributed by atoms with E-state index in [0.717, 1.165) is 37.3 Å². The van der Waals surface area contributed by atoms with Gasteiger partial charge in [0.1, 0.15) is 36.8 Å². The van der Waals surface area contributed by atoms with Crippen LogP contribution in [0.3, 0.4) is 0 Å². The molecule has 0 aliphatic carbocycles. The summed E-state index contributed by atoms with van der Waals surface area (Å²) >= 11 is 0. The third-order valence-corrected chi connectivity index (χ3v) is 11.4. The normalized spacial score (nSPS) is 24.6. The van der Waals surface area contributed by atoms with Crippen LogP contribution in [0.25, 0.3) is 10.8 Å². The Morgan fingerprint density at radius 2 is 2.05 bits per heavy atom. The molecular formula is C43H47F2N7O6. The van der Waals surface area contributed by atoms with Crippen molar-refractivity contribution in [3.63, 3.8) is 0 Å². The van der Waals surface area contributed by atoms with Crippen molar-refractivity contribution >= 4 is 34.0 Å². The van der Waals surface area contributed by atoms with E-state index in [4.69, 9.17) is 35.3 Å². The molecule has 1 amide bonds. The molecule has 0 saturated carbocycles. The number of terminal acetylenes is 1. The number of phenols is 1. The molecule has 3 fully saturated rings. The highest BCUT2D eigenvalue weighted by atomic mass is 19.1. The SMILES string of the molecule is C#Cc1c(F)ccc2cc(O)cc(C3COc4c(nc(OC[C@]5(C)C[C@@H](F)CN5c5ccc(N6CCOC[C@H]6C)nc5)nc4N4CCCCC(NC(=O)C=C)C4)O3)c12. The van der Waals surface area contributed by atoms with E-state index in [1.54, 1.807) is 12.3 Å². The van der Waals surface area contributed by atoms with Crippen LogP contribution in [0.2, 0.25) is 0 Å². The van der Waals surface area contributed by atoms with Crippen LogP contribution in [0.1, 0.15) is 56.8 Å². The summed E-state index contributed by atoms with van der Waals surface area (Å²) in [6.07, 6.45) is 9.46. The number of ether oxygens (including phenoxy) is 4. The molecule has 2 aromatic heterocycles. The van der Waals surface area contributed by atoms with Crippen molar-refractivity contribution in [2.45, 2.75) is 69.4 Å². The number of aromatic hydroxyl groups is 1. The monoisotopic (exact) mass is 795 g/mol. The lowest BCUT2D eigenvalue weighted by atomic mass is 9.95. The predicted octanol–water partition coefficient (Wildman–Crippen LogP) is 5.64. The topological polar surface area (TPSA) is 135 Å². The van der Waals surface area contributed by atoms with Crippen molar-refractivity contribution in [1.29, 1.82) is 0 Å². The second-order valence-corrected chi connectivity index (χ2v) is 15.6. The fraction of sp³-hybridized carbons (Fsp3) is 0.442. The Labute approximate surface area is 336 Å². The van der Waals surface area contributed by atoms with E-state index in [1.165, 1.54) is 24.3 Å². The highest BCUT2D eigenvalue weighted by Crippen LogP contribution is 2.45. The van der Waals surface area contributed by atoms with Gasteiger partial charge in [-0.3, -0.25) is 4.79 Å². The summed E-state index contributed by atoms with van der Waals surface area (Å²) in [6, 6.07) is 9.68. The lowest BCUT2D eigenvalue weighted by Crippen LogP contribution is -2.46. The zero-order valence-corrected chi connectivity index (χ0v) is 32.6. The molecule has 0 spiro atoms. The number of carbonyl (C=O) groups is 1. The summed E-state index contributed by atoms with van der Waals surface area (Å²) in [5, 5.41) is 14.7. The molecule has 0 bridgehead atoms. The number of fused-ring (bicyclic) bond motifs is 2. The summed E-state index contributed by atoms with van der Waals surface area (Å²) in [5.74, 6) is 3.11. The van der Waals surface area contributed by atoms with Gasteiger partial charge in [-0.15, -0.1) is 6.42 Å². The maximum absolute atomic E-state index is 15.3. The number of rotatable bonds is 9. The predicted molar refractivity (Wildman–Crippen MR) is 215 cm³/mol. The van der Waals surface area contributed by atoms with E-state index < -0.39 is 23.6 Å². The number of phenolic OH excluding ortho intramolecular Hbond substituents is 1. The van der Waals surface area contributed by atoms with E-state index in [0.29, 0.717) is 48.5 Å². The van der Waals surface area contributed by atoms with Crippen molar-refractivity contribution in [2.24, 2.45) is 0 Å². The molecule has 8 rings (SSSR count). The number of pyridine rings is 1. The number of anilines is 3. The Balaban J connectivity index is 1.12. The number of amides is 1. The lowest BCUT2D eigenvalue weighted by molar-refractivity contribution is -0.117. The van der Waals surface area contributed by atoms with Crippen LogP contribution in [-0.2, 0) is 9.53 Å². The van der Waals surface area contributed by atoms with Gasteiger partial charge in [-0.1, -0.05) is 18.6 Å². The van der Waals surface area contributed by atoms with Crippen molar-refractivity contribution < 1.29 is 37.6 Å². The van der Waals surface area contributed by atoms with Gasteiger partial charge in [0.2, 0.25) is 11.7 Å². The molecule has 0 radical (unpaired) electrons. The highest BCUT2D eigenvalue weighted by molar-refractivity contribution is 5.93. The second-order valence-electron chi connectivity index (χ2n) is 15.6. The van der Waals surface area contributed by atoms with Crippen LogP contribution in [0.15, 0.2) is 55.3 Å². The number of nitrogens with one attached hydrogen (secondary N) is 1. The molecule has 6 heterocycles. The van der Waals surface area contributed by atoms with Gasteiger partial charge in [-0.05, 0) is 74.9 Å². The number of nitrogens with zero attached hydrogens (tertiary/aromatic N) is 6. The van der Waals surface area contributed by atoms with Gasteiger partial charge >= 0.3 is 6.01 Å². The number of hydrogen-bond acceptors (Lipinski definition) is 12. The summed E-state index contributed by atoms with van der Waals surface area (Å²) in [5.41, 5.74) is 0.421. The van der Waals surface area contributed by atoms with Gasteiger partial charge in [-0.25, -0.2) is 13.8 Å². The first-order valence-electron chi connectivity index (χ1n) is 19.7. The molecule has 4 aromatic rings. The smallest absolute Gasteiger partial charge is 0.322 e. The molecule has 4 aliphatic rings. The van der Waals surface area contributed by atoms with Crippen molar-refractivity contribution in [1.82, 2.24) is 20.3 Å². The summed E-state index contributed by atoms with van der Waals surface area (Å²) in [7, 11) is 0. The molecule has 2 unspecified atom stereocenters.